The van der Waals surface area contributed by atoms with Crippen LogP contribution in [0.4, 0.5) is 0 Å². The van der Waals surface area contributed by atoms with Crippen molar-refractivity contribution < 1.29 is 14.0 Å². The molecule has 3 nitrogen and oxygen atoms in total. The largest absolute Gasteiger partial charge is 0.469 e. The molecule has 0 amide bonds. The summed E-state index contributed by atoms with van der Waals surface area (Å²) in [5.74, 6) is -0.365. The molecule has 0 aliphatic carbocycles. The van der Waals surface area contributed by atoms with Crippen LogP contribution in [0, 0.1) is 5.92 Å². The second-order valence-electron chi connectivity index (χ2n) is 6.52. The summed E-state index contributed by atoms with van der Waals surface area (Å²) in [5.41, 5.74) is 0. The second kappa shape index (κ2) is 6.71. The van der Waals surface area contributed by atoms with Crippen molar-refractivity contribution in [3.63, 3.8) is 0 Å². The van der Waals surface area contributed by atoms with E-state index >= 15 is 0 Å². The molecule has 0 radical (unpaired) electrons. The monoisotopic (exact) mass is 274 g/mol. The molecule has 0 aromatic carbocycles. The highest BCUT2D eigenvalue weighted by atomic mass is 28.4. The van der Waals surface area contributed by atoms with E-state index in [1.807, 2.05) is 6.92 Å². The molecule has 0 aliphatic rings. The highest BCUT2D eigenvalue weighted by molar-refractivity contribution is 6.74. The Morgan fingerprint density at radius 1 is 1.28 bits per heavy atom. The molecule has 18 heavy (non-hydrogen) atoms. The minimum Gasteiger partial charge on any atom is -0.469 e. The summed E-state index contributed by atoms with van der Waals surface area (Å²) in [6, 6.07) is 0. The fourth-order valence-corrected chi connectivity index (χ4v) is 3.02. The first kappa shape index (κ1) is 17.6. The van der Waals surface area contributed by atoms with Crippen molar-refractivity contribution in [2.24, 2.45) is 5.92 Å². The predicted octanol–water partition coefficient (Wildman–Crippen LogP) is 3.99. The number of ether oxygens (including phenoxy) is 1. The Balaban J connectivity index is 4.88. The number of hydrogen-bond donors (Lipinski definition) is 0. The van der Waals surface area contributed by atoms with E-state index in [1.54, 1.807) is 0 Å². The van der Waals surface area contributed by atoms with Crippen molar-refractivity contribution in [1.82, 2.24) is 0 Å². The van der Waals surface area contributed by atoms with E-state index in [0.29, 0.717) is 0 Å². The first-order valence-electron chi connectivity index (χ1n) is 6.82. The summed E-state index contributed by atoms with van der Waals surface area (Å²) in [6.07, 6.45) is 1.90. The second-order valence-corrected chi connectivity index (χ2v) is 11.3. The molecule has 0 rings (SSSR count). The van der Waals surface area contributed by atoms with E-state index in [2.05, 4.69) is 40.8 Å². The first-order chi connectivity index (χ1) is 8.06. The van der Waals surface area contributed by atoms with Gasteiger partial charge in [0.15, 0.2) is 8.32 Å². The van der Waals surface area contributed by atoms with Gasteiger partial charge in [-0.3, -0.25) is 4.79 Å². The summed E-state index contributed by atoms with van der Waals surface area (Å²) in [4.78, 5) is 11.7. The Bertz CT molecular complexity index is 269. The minimum absolute atomic E-state index is 0.0247. The number of esters is 1. The lowest BCUT2D eigenvalue weighted by molar-refractivity contribution is -0.148. The molecular weight excluding hydrogens is 244 g/mol. The van der Waals surface area contributed by atoms with Crippen LogP contribution in [0.3, 0.4) is 0 Å². The highest BCUT2D eigenvalue weighted by Crippen LogP contribution is 2.38. The van der Waals surface area contributed by atoms with Gasteiger partial charge >= 0.3 is 5.97 Å². The number of methoxy groups -OCH3 is 1. The van der Waals surface area contributed by atoms with Gasteiger partial charge in [0.1, 0.15) is 0 Å². The quantitative estimate of drug-likeness (QED) is 0.543. The molecule has 0 bridgehead atoms. The Morgan fingerprint density at radius 2 is 1.78 bits per heavy atom. The van der Waals surface area contributed by atoms with E-state index in [9.17, 15) is 4.79 Å². The van der Waals surface area contributed by atoms with E-state index in [1.165, 1.54) is 7.11 Å². The van der Waals surface area contributed by atoms with Gasteiger partial charge < -0.3 is 9.16 Å². The van der Waals surface area contributed by atoms with Crippen LogP contribution in [-0.2, 0) is 14.0 Å². The normalized spacial score (nSPS) is 16.2. The fraction of sp³-hybridized carbons (Fsp3) is 0.929. The standard InChI is InChI=1S/C14H30O3Si/c1-9-10-12(11(2)13(15)16-6)17-18(7,8)14(3,4)5/h11-12H,9-10H2,1-8H3/t11-,12-/m1/s1. The smallest absolute Gasteiger partial charge is 0.310 e. The van der Waals surface area contributed by atoms with Crippen LogP contribution in [0.2, 0.25) is 18.1 Å². The molecule has 0 saturated carbocycles. The SMILES string of the molecule is CCC[C@@H](O[Si](C)(C)C(C)(C)C)[C@@H](C)C(=O)OC. The summed E-state index contributed by atoms with van der Waals surface area (Å²) >= 11 is 0. The van der Waals surface area contributed by atoms with Gasteiger partial charge in [0.2, 0.25) is 0 Å². The zero-order valence-electron chi connectivity index (χ0n) is 13.3. The maximum atomic E-state index is 11.7. The Morgan fingerprint density at radius 3 is 2.11 bits per heavy atom. The van der Waals surface area contributed by atoms with Crippen LogP contribution in [0.15, 0.2) is 0 Å². The molecule has 0 N–H and O–H groups in total. The molecule has 4 heteroatoms. The van der Waals surface area contributed by atoms with Gasteiger partial charge in [0.05, 0.1) is 19.1 Å². The lowest BCUT2D eigenvalue weighted by atomic mass is 10.0. The molecule has 0 unspecified atom stereocenters. The fourth-order valence-electron chi connectivity index (χ4n) is 1.59. The van der Waals surface area contributed by atoms with Gasteiger partial charge in [-0.1, -0.05) is 34.1 Å². The van der Waals surface area contributed by atoms with E-state index < -0.39 is 8.32 Å². The third kappa shape index (κ3) is 4.73. The number of hydrogen-bond acceptors (Lipinski definition) is 3. The molecule has 0 saturated heterocycles. The lowest BCUT2D eigenvalue weighted by Crippen LogP contribution is -2.46. The minimum atomic E-state index is -1.83. The summed E-state index contributed by atoms with van der Waals surface area (Å²) in [5, 5.41) is 0.162. The third-order valence-electron chi connectivity index (χ3n) is 3.96. The van der Waals surface area contributed by atoms with Crippen molar-refractivity contribution in [2.45, 2.75) is 71.7 Å². The lowest BCUT2D eigenvalue weighted by Gasteiger charge is -2.40. The van der Waals surface area contributed by atoms with Crippen LogP contribution < -0.4 is 0 Å². The van der Waals surface area contributed by atoms with Crippen molar-refractivity contribution in [3.05, 3.63) is 0 Å². The topological polar surface area (TPSA) is 35.5 Å². The van der Waals surface area contributed by atoms with Crippen molar-refractivity contribution in [2.75, 3.05) is 7.11 Å². The average Bonchev–Trinajstić information content (AvgIpc) is 2.24. The van der Waals surface area contributed by atoms with Gasteiger partial charge in [-0.15, -0.1) is 0 Å². The Labute approximate surface area is 113 Å². The van der Waals surface area contributed by atoms with Crippen LogP contribution in [-0.4, -0.2) is 27.5 Å². The van der Waals surface area contributed by atoms with Gasteiger partial charge in [-0.05, 0) is 31.5 Å². The molecule has 108 valence electrons. The zero-order valence-corrected chi connectivity index (χ0v) is 14.3. The Kier molecular flexibility index (Phi) is 6.58. The summed E-state index contributed by atoms with van der Waals surface area (Å²) < 4.78 is 11.2. The van der Waals surface area contributed by atoms with Crippen LogP contribution in [0.25, 0.3) is 0 Å². The number of carbonyl (C=O) groups is 1. The van der Waals surface area contributed by atoms with Crippen LogP contribution >= 0.6 is 0 Å². The maximum absolute atomic E-state index is 11.7. The van der Waals surface area contributed by atoms with Gasteiger partial charge in [-0.2, -0.15) is 0 Å². The summed E-state index contributed by atoms with van der Waals surface area (Å²) in [7, 11) is -0.396. The molecule has 0 spiro atoms. The van der Waals surface area contributed by atoms with Crippen LogP contribution in [0.1, 0.15) is 47.5 Å². The molecule has 0 aromatic heterocycles. The van der Waals surface area contributed by atoms with Gasteiger partial charge in [0.25, 0.3) is 0 Å². The molecule has 0 aromatic rings. The summed E-state index contributed by atoms with van der Waals surface area (Å²) in [6.45, 7) is 15.1. The molecular formula is C14H30O3Si. The highest BCUT2D eigenvalue weighted by Gasteiger charge is 2.41. The first-order valence-corrected chi connectivity index (χ1v) is 9.73. The molecule has 0 aliphatic heterocycles. The van der Waals surface area contributed by atoms with Gasteiger partial charge in [-0.25, -0.2) is 0 Å². The average molecular weight is 274 g/mol. The van der Waals surface area contributed by atoms with Crippen LogP contribution in [0.5, 0.6) is 0 Å². The van der Waals surface area contributed by atoms with Crippen molar-refractivity contribution in [3.8, 4) is 0 Å². The van der Waals surface area contributed by atoms with E-state index in [0.717, 1.165) is 12.8 Å². The molecule has 0 fully saturated rings. The zero-order chi connectivity index (χ0) is 14.6. The van der Waals surface area contributed by atoms with Crippen molar-refractivity contribution >= 4 is 14.3 Å². The number of carbonyl (C=O) groups excluding carboxylic acids is 1. The number of rotatable bonds is 6. The predicted molar refractivity (Wildman–Crippen MR) is 78.2 cm³/mol. The Hall–Kier alpha value is -0.353. The maximum Gasteiger partial charge on any atom is 0.310 e. The molecule has 0 heterocycles. The molecule has 2 atom stereocenters. The van der Waals surface area contributed by atoms with E-state index in [-0.39, 0.29) is 23.0 Å². The van der Waals surface area contributed by atoms with Gasteiger partial charge in [0, 0.05) is 0 Å². The van der Waals surface area contributed by atoms with E-state index in [4.69, 9.17) is 9.16 Å². The van der Waals surface area contributed by atoms with Crippen molar-refractivity contribution in [1.29, 1.82) is 0 Å². The third-order valence-corrected chi connectivity index (χ3v) is 8.46.